The molecule has 2 saturated heterocycles. The number of amides is 3. The van der Waals surface area contributed by atoms with Crippen molar-refractivity contribution in [3.8, 4) is 0 Å². The number of hydrogen-bond acceptors (Lipinski definition) is 6. The first kappa shape index (κ1) is 24.5. The van der Waals surface area contributed by atoms with Gasteiger partial charge in [0.2, 0.25) is 0 Å². The average Bonchev–Trinajstić information content (AvgIpc) is 3.37. The van der Waals surface area contributed by atoms with Crippen molar-refractivity contribution in [1.29, 1.82) is 0 Å². The molecule has 0 spiro atoms. The van der Waals surface area contributed by atoms with Crippen LogP contribution in [0, 0.1) is 0 Å². The van der Waals surface area contributed by atoms with Crippen molar-refractivity contribution >= 4 is 29.3 Å². The van der Waals surface area contributed by atoms with E-state index >= 15 is 0 Å². The minimum Gasteiger partial charge on any atom is -0.441 e. The van der Waals surface area contributed by atoms with Gasteiger partial charge < -0.3 is 24.8 Å². The van der Waals surface area contributed by atoms with Crippen LogP contribution in [0.4, 0.5) is 34.1 Å². The third-order valence-corrected chi connectivity index (χ3v) is 5.57. The molecular weight excluding hydrogens is 471 g/mol. The molecule has 35 heavy (non-hydrogen) atoms. The van der Waals surface area contributed by atoms with Crippen molar-refractivity contribution < 1.29 is 41.8 Å². The molecule has 0 saturated carbocycles. The van der Waals surface area contributed by atoms with E-state index < -0.39 is 48.2 Å². The first-order chi connectivity index (χ1) is 16.6. The molecule has 2 aromatic rings. The molecule has 0 aliphatic carbocycles. The molecule has 4 unspecified atom stereocenters. The van der Waals surface area contributed by atoms with E-state index in [1.807, 2.05) is 0 Å². The molecule has 2 fully saturated rings. The zero-order chi connectivity index (χ0) is 25.2. The van der Waals surface area contributed by atoms with Gasteiger partial charge in [-0.25, -0.2) is 9.59 Å². The van der Waals surface area contributed by atoms with E-state index in [1.54, 1.807) is 24.3 Å². The van der Waals surface area contributed by atoms with E-state index in [0.717, 1.165) is 12.1 Å². The van der Waals surface area contributed by atoms with Crippen LogP contribution in [-0.2, 0) is 20.4 Å². The molecule has 12 heteroatoms. The maximum atomic E-state index is 12.9. The number of carbonyl (C=O) groups is 3. The number of nitrogens with one attached hydrogen (secondary N) is 3. The van der Waals surface area contributed by atoms with Crippen LogP contribution in [0.1, 0.15) is 22.8 Å². The Hall–Kier alpha value is -3.64. The van der Waals surface area contributed by atoms with Crippen molar-refractivity contribution in [3.05, 3.63) is 59.7 Å². The van der Waals surface area contributed by atoms with Gasteiger partial charge in [-0.1, -0.05) is 6.07 Å². The number of ketones is 1. The van der Waals surface area contributed by atoms with E-state index in [2.05, 4.69) is 16.0 Å². The second kappa shape index (κ2) is 9.92. The Morgan fingerprint density at radius 2 is 1.66 bits per heavy atom. The lowest BCUT2D eigenvalue weighted by Gasteiger charge is -2.18. The topological polar surface area (TPSA) is 115 Å². The molecule has 0 radical (unpaired) electrons. The fraction of sp³-hybridized carbons (Fsp3) is 0.348. The lowest BCUT2D eigenvalue weighted by molar-refractivity contribution is -0.137. The highest BCUT2D eigenvalue weighted by atomic mass is 19.4. The number of benzene rings is 2. The number of halogens is 3. The quantitative estimate of drug-likeness (QED) is 0.546. The van der Waals surface area contributed by atoms with Gasteiger partial charge in [-0.3, -0.25) is 10.1 Å². The summed E-state index contributed by atoms with van der Waals surface area (Å²) in [6.07, 6.45) is -7.53. The number of alkyl halides is 3. The first-order valence-electron chi connectivity index (χ1n) is 10.7. The summed E-state index contributed by atoms with van der Waals surface area (Å²) in [5, 5.41) is 7.66. The minimum atomic E-state index is -4.54. The molecule has 186 valence electrons. The average molecular weight is 493 g/mol. The van der Waals surface area contributed by atoms with E-state index in [1.165, 1.54) is 19.1 Å². The fourth-order valence-corrected chi connectivity index (χ4v) is 3.87. The van der Waals surface area contributed by atoms with Crippen molar-refractivity contribution in [1.82, 2.24) is 5.32 Å². The number of ether oxygens (including phenoxy) is 3. The number of carbonyl (C=O) groups excluding carboxylic acids is 3. The molecule has 0 bridgehead atoms. The number of Topliss-reactive ketones (excluding diaryl/α,β-unsaturated/α-hetero) is 1. The molecule has 4 rings (SSSR count). The number of hydrogen-bond donors (Lipinski definition) is 3. The summed E-state index contributed by atoms with van der Waals surface area (Å²) in [6.45, 7) is 1.55. The third-order valence-electron chi connectivity index (χ3n) is 5.57. The van der Waals surface area contributed by atoms with E-state index in [-0.39, 0.29) is 24.7 Å². The van der Waals surface area contributed by atoms with Crippen LogP contribution < -0.4 is 16.0 Å². The summed E-state index contributed by atoms with van der Waals surface area (Å²) >= 11 is 0. The van der Waals surface area contributed by atoms with Gasteiger partial charge in [0.25, 0.3) is 0 Å². The monoisotopic (exact) mass is 493 g/mol. The van der Waals surface area contributed by atoms with E-state index in [9.17, 15) is 27.6 Å². The van der Waals surface area contributed by atoms with Gasteiger partial charge in [0.1, 0.15) is 12.2 Å². The molecule has 2 heterocycles. The second-order valence-electron chi connectivity index (χ2n) is 8.08. The zero-order valence-electron chi connectivity index (χ0n) is 18.4. The molecule has 2 aromatic carbocycles. The van der Waals surface area contributed by atoms with Gasteiger partial charge in [0.15, 0.2) is 11.9 Å². The summed E-state index contributed by atoms with van der Waals surface area (Å²) in [7, 11) is 0. The molecule has 0 aromatic heterocycles. The van der Waals surface area contributed by atoms with Gasteiger partial charge in [-0.05, 0) is 49.4 Å². The van der Waals surface area contributed by atoms with Crippen molar-refractivity contribution in [2.45, 2.75) is 37.5 Å². The van der Waals surface area contributed by atoms with Crippen molar-refractivity contribution in [3.63, 3.8) is 0 Å². The SMILES string of the molecule is CC(=O)c1ccc(NC(=O)NC2COC3C(OC(=O)Nc4cccc(C(F)(F)F)c4)COC23)cc1. The molecular formula is C23H22F3N3O6. The van der Waals surface area contributed by atoms with E-state index in [4.69, 9.17) is 14.2 Å². The maximum absolute atomic E-state index is 12.9. The predicted molar refractivity (Wildman–Crippen MR) is 117 cm³/mol. The predicted octanol–water partition coefficient (Wildman–Crippen LogP) is 3.81. The van der Waals surface area contributed by atoms with Crippen LogP contribution in [0.25, 0.3) is 0 Å². The maximum Gasteiger partial charge on any atom is 0.416 e. The van der Waals surface area contributed by atoms with Gasteiger partial charge >= 0.3 is 18.3 Å². The summed E-state index contributed by atoms with van der Waals surface area (Å²) in [4.78, 5) is 35.9. The Morgan fingerprint density at radius 1 is 0.943 bits per heavy atom. The number of fused-ring (bicyclic) bond motifs is 1. The molecule has 3 N–H and O–H groups in total. The van der Waals surface area contributed by atoms with Crippen LogP contribution in [-0.4, -0.2) is 55.5 Å². The van der Waals surface area contributed by atoms with Gasteiger partial charge in [0.05, 0.1) is 24.8 Å². The number of urea groups is 1. The fourth-order valence-electron chi connectivity index (χ4n) is 3.87. The smallest absolute Gasteiger partial charge is 0.416 e. The van der Waals surface area contributed by atoms with Crippen LogP contribution in [0.3, 0.4) is 0 Å². The summed E-state index contributed by atoms with van der Waals surface area (Å²) in [5.41, 5.74) is 0.0362. The van der Waals surface area contributed by atoms with Gasteiger partial charge in [0, 0.05) is 16.9 Å². The molecule has 3 amide bonds. The van der Waals surface area contributed by atoms with Crippen molar-refractivity contribution in [2.75, 3.05) is 23.8 Å². The lowest BCUT2D eigenvalue weighted by atomic mass is 10.1. The first-order valence-corrected chi connectivity index (χ1v) is 10.7. The summed E-state index contributed by atoms with van der Waals surface area (Å²) in [6, 6.07) is 9.54. The Kier molecular flexibility index (Phi) is 6.94. The highest BCUT2D eigenvalue weighted by molar-refractivity contribution is 5.95. The second-order valence-corrected chi connectivity index (χ2v) is 8.08. The summed E-state index contributed by atoms with van der Waals surface area (Å²) < 4.78 is 55.2. The highest BCUT2D eigenvalue weighted by Crippen LogP contribution is 2.31. The Morgan fingerprint density at radius 3 is 2.34 bits per heavy atom. The zero-order valence-corrected chi connectivity index (χ0v) is 18.4. The summed E-state index contributed by atoms with van der Waals surface area (Å²) in [5.74, 6) is -0.0891. The van der Waals surface area contributed by atoms with Crippen LogP contribution >= 0.6 is 0 Å². The minimum absolute atomic E-state index is 0.00233. The third kappa shape index (κ3) is 5.89. The van der Waals surface area contributed by atoms with Gasteiger partial charge in [-0.2, -0.15) is 13.2 Å². The normalized spacial score (nSPS) is 23.3. The van der Waals surface area contributed by atoms with Crippen LogP contribution in [0.5, 0.6) is 0 Å². The molecule has 2 aliphatic rings. The molecule has 9 nitrogen and oxygen atoms in total. The largest absolute Gasteiger partial charge is 0.441 e. The highest BCUT2D eigenvalue weighted by Gasteiger charge is 2.50. The molecule has 4 atom stereocenters. The number of anilines is 2. The standard InChI is InChI=1S/C23H22F3N3O6/c1-12(30)13-5-7-15(8-6-13)27-21(31)29-17-10-33-20-18(11-34-19(17)20)35-22(32)28-16-4-2-3-14(9-16)23(24,25)26/h2-9,17-20H,10-11H2,1H3,(H,28,32)(H2,27,29,31). The van der Waals surface area contributed by atoms with Crippen LogP contribution in [0.2, 0.25) is 0 Å². The van der Waals surface area contributed by atoms with Gasteiger partial charge in [-0.15, -0.1) is 0 Å². The van der Waals surface area contributed by atoms with Crippen molar-refractivity contribution in [2.24, 2.45) is 0 Å². The number of rotatable bonds is 5. The Bertz CT molecular complexity index is 1110. The molecule has 2 aliphatic heterocycles. The van der Waals surface area contributed by atoms with Crippen LogP contribution in [0.15, 0.2) is 48.5 Å². The van der Waals surface area contributed by atoms with E-state index in [0.29, 0.717) is 11.3 Å². The Labute approximate surface area is 197 Å². The Balaban J connectivity index is 1.28. The lowest BCUT2D eigenvalue weighted by Crippen LogP contribution is -2.46.